The van der Waals surface area contributed by atoms with Gasteiger partial charge in [-0.3, -0.25) is 14.5 Å². The van der Waals surface area contributed by atoms with Gasteiger partial charge < -0.3 is 10.2 Å². The number of rotatable bonds is 6. The molecular weight excluding hydrogens is 350 g/mol. The molecule has 0 bridgehead atoms. The van der Waals surface area contributed by atoms with Gasteiger partial charge in [-0.2, -0.15) is 0 Å². The maximum Gasteiger partial charge on any atom is 0.246 e. The Labute approximate surface area is 169 Å². The first-order chi connectivity index (χ1) is 13.4. The molecule has 154 valence electrons. The summed E-state index contributed by atoms with van der Waals surface area (Å²) in [5.41, 5.74) is 2.01. The van der Waals surface area contributed by atoms with Crippen molar-refractivity contribution in [1.82, 2.24) is 15.1 Å². The minimum atomic E-state index is -0.656. The highest BCUT2D eigenvalue weighted by Gasteiger charge is 2.52. The fraction of sp³-hybridized carbons (Fsp3) is 0.652. The second-order valence-corrected chi connectivity index (χ2v) is 8.74. The molecule has 1 aromatic carbocycles. The van der Waals surface area contributed by atoms with E-state index in [2.05, 4.69) is 55.3 Å². The molecule has 2 amide bonds. The van der Waals surface area contributed by atoms with Gasteiger partial charge in [-0.1, -0.05) is 51.5 Å². The molecule has 28 heavy (non-hydrogen) atoms. The smallest absolute Gasteiger partial charge is 0.246 e. The molecule has 2 heterocycles. The Hall–Kier alpha value is -1.88. The summed E-state index contributed by atoms with van der Waals surface area (Å²) in [6.45, 7) is 11.6. The fourth-order valence-electron chi connectivity index (χ4n) is 4.44. The molecule has 2 aliphatic rings. The van der Waals surface area contributed by atoms with Crippen LogP contribution >= 0.6 is 0 Å². The van der Waals surface area contributed by atoms with E-state index < -0.39 is 11.6 Å². The number of nitrogens with one attached hydrogen (secondary N) is 1. The Morgan fingerprint density at radius 3 is 2.36 bits per heavy atom. The van der Waals surface area contributed by atoms with E-state index in [0.29, 0.717) is 25.3 Å². The third kappa shape index (κ3) is 4.09. The largest absolute Gasteiger partial charge is 0.343 e. The molecule has 2 fully saturated rings. The van der Waals surface area contributed by atoms with Crippen molar-refractivity contribution in [2.75, 3.05) is 19.6 Å². The van der Waals surface area contributed by atoms with Crippen LogP contribution in [0, 0.1) is 0 Å². The zero-order chi connectivity index (χ0) is 20.3. The van der Waals surface area contributed by atoms with Crippen LogP contribution in [-0.4, -0.2) is 52.8 Å². The van der Waals surface area contributed by atoms with Crippen molar-refractivity contribution in [2.45, 2.75) is 77.4 Å². The molecule has 0 unspecified atom stereocenters. The monoisotopic (exact) mass is 385 g/mol. The normalized spacial score (nSPS) is 22.8. The first-order valence-corrected chi connectivity index (χ1v) is 10.8. The number of nitrogens with zero attached hydrogens (tertiary/aromatic N) is 2. The first kappa shape index (κ1) is 20.8. The van der Waals surface area contributed by atoms with Gasteiger partial charge in [0.15, 0.2) is 0 Å². The lowest BCUT2D eigenvalue weighted by molar-refractivity contribution is -0.160. The molecule has 0 radical (unpaired) electrons. The van der Waals surface area contributed by atoms with Crippen molar-refractivity contribution in [3.8, 4) is 0 Å². The van der Waals surface area contributed by atoms with E-state index in [0.717, 1.165) is 32.5 Å². The first-order valence-electron chi connectivity index (χ1n) is 10.8. The Bertz CT molecular complexity index is 690. The lowest BCUT2D eigenvalue weighted by Gasteiger charge is -2.51. The average molecular weight is 386 g/mol. The zero-order valence-electron chi connectivity index (χ0n) is 17.8. The van der Waals surface area contributed by atoms with E-state index in [1.807, 2.05) is 4.90 Å². The van der Waals surface area contributed by atoms with Crippen LogP contribution in [0.3, 0.4) is 0 Å². The number of piperidine rings is 1. The van der Waals surface area contributed by atoms with Gasteiger partial charge in [0, 0.05) is 26.2 Å². The summed E-state index contributed by atoms with van der Waals surface area (Å²) < 4.78 is 0. The average Bonchev–Trinajstić information content (AvgIpc) is 2.68. The second kappa shape index (κ2) is 8.64. The topological polar surface area (TPSA) is 52.7 Å². The molecule has 0 aromatic heterocycles. The van der Waals surface area contributed by atoms with Gasteiger partial charge in [0.1, 0.15) is 11.6 Å². The highest BCUT2D eigenvalue weighted by atomic mass is 16.2. The summed E-state index contributed by atoms with van der Waals surface area (Å²) in [6, 6.07) is 8.45. The predicted molar refractivity (Wildman–Crippen MR) is 112 cm³/mol. The molecule has 2 aliphatic heterocycles. The molecule has 3 rings (SSSR count). The van der Waals surface area contributed by atoms with E-state index in [4.69, 9.17) is 0 Å². The fourth-order valence-corrected chi connectivity index (χ4v) is 4.44. The number of hydrogen-bond acceptors (Lipinski definition) is 3. The van der Waals surface area contributed by atoms with E-state index in [-0.39, 0.29) is 11.8 Å². The third-order valence-corrected chi connectivity index (χ3v) is 6.39. The number of carbonyl (C=O) groups excluding carboxylic acids is 2. The molecular formula is C23H35N3O2. The lowest BCUT2D eigenvalue weighted by Crippen LogP contribution is -2.72. The number of likely N-dealkylation sites (tertiary alicyclic amines) is 1. The summed E-state index contributed by atoms with van der Waals surface area (Å²) in [4.78, 5) is 30.1. The van der Waals surface area contributed by atoms with Gasteiger partial charge in [-0.05, 0) is 43.2 Å². The van der Waals surface area contributed by atoms with Crippen molar-refractivity contribution < 1.29 is 9.59 Å². The van der Waals surface area contributed by atoms with E-state index in [1.54, 1.807) is 6.92 Å². The highest BCUT2D eigenvalue weighted by molar-refractivity contribution is 5.99. The summed E-state index contributed by atoms with van der Waals surface area (Å²) in [5, 5.41) is 2.93. The maximum absolute atomic E-state index is 12.9. The standard InChI is InChI=1S/C23H35N3O2/c1-5-6-13-26-21(27)18(4)24-22(28)23(26)11-14-25(15-12-23)16-19-7-9-20(10-8-19)17(2)3/h7-10,17-18H,5-6,11-16H2,1-4H3,(H,24,28)/t18-/m0/s1. The molecule has 1 atom stereocenters. The van der Waals surface area contributed by atoms with Crippen LogP contribution < -0.4 is 5.32 Å². The van der Waals surface area contributed by atoms with Crippen LogP contribution in [0.25, 0.3) is 0 Å². The number of carbonyl (C=O) groups is 2. The number of unbranched alkanes of at least 4 members (excludes halogenated alkanes) is 1. The molecule has 5 nitrogen and oxygen atoms in total. The van der Waals surface area contributed by atoms with Crippen molar-refractivity contribution in [3.05, 3.63) is 35.4 Å². The van der Waals surface area contributed by atoms with Crippen LogP contribution in [-0.2, 0) is 16.1 Å². The zero-order valence-corrected chi connectivity index (χ0v) is 17.8. The Kier molecular flexibility index (Phi) is 6.43. The molecule has 0 saturated carbocycles. The van der Waals surface area contributed by atoms with E-state index in [1.165, 1.54) is 11.1 Å². The third-order valence-electron chi connectivity index (χ3n) is 6.39. The number of benzene rings is 1. The molecule has 1 N–H and O–H groups in total. The summed E-state index contributed by atoms with van der Waals surface area (Å²) in [6.07, 6.45) is 3.39. The van der Waals surface area contributed by atoms with Gasteiger partial charge in [-0.25, -0.2) is 0 Å². The van der Waals surface area contributed by atoms with Gasteiger partial charge in [-0.15, -0.1) is 0 Å². The Morgan fingerprint density at radius 2 is 1.79 bits per heavy atom. The lowest BCUT2D eigenvalue weighted by atomic mass is 9.81. The van der Waals surface area contributed by atoms with Crippen LogP contribution in [0.15, 0.2) is 24.3 Å². The van der Waals surface area contributed by atoms with Crippen molar-refractivity contribution in [1.29, 1.82) is 0 Å². The number of piperazine rings is 1. The second-order valence-electron chi connectivity index (χ2n) is 8.74. The summed E-state index contributed by atoms with van der Waals surface area (Å²) >= 11 is 0. The minimum absolute atomic E-state index is 0.0386. The number of amides is 2. The van der Waals surface area contributed by atoms with Crippen LogP contribution in [0.5, 0.6) is 0 Å². The molecule has 5 heteroatoms. The molecule has 2 saturated heterocycles. The SMILES string of the molecule is CCCCN1C(=O)[C@H](C)NC(=O)C12CCN(Cc1ccc(C(C)C)cc1)CC2. The van der Waals surface area contributed by atoms with Gasteiger partial charge in [0.2, 0.25) is 11.8 Å². The predicted octanol–water partition coefficient (Wildman–Crippen LogP) is 3.29. The van der Waals surface area contributed by atoms with Crippen molar-refractivity contribution in [3.63, 3.8) is 0 Å². The number of hydrogen-bond donors (Lipinski definition) is 1. The summed E-state index contributed by atoms with van der Waals surface area (Å²) in [7, 11) is 0. The van der Waals surface area contributed by atoms with Gasteiger partial charge in [0.05, 0.1) is 0 Å². The van der Waals surface area contributed by atoms with Gasteiger partial charge >= 0.3 is 0 Å². The van der Waals surface area contributed by atoms with E-state index in [9.17, 15) is 9.59 Å². The Morgan fingerprint density at radius 1 is 1.14 bits per heavy atom. The minimum Gasteiger partial charge on any atom is -0.343 e. The van der Waals surface area contributed by atoms with Crippen molar-refractivity contribution in [2.24, 2.45) is 0 Å². The van der Waals surface area contributed by atoms with Crippen LogP contribution in [0.1, 0.15) is 70.4 Å². The molecule has 1 aromatic rings. The van der Waals surface area contributed by atoms with E-state index >= 15 is 0 Å². The quantitative estimate of drug-likeness (QED) is 0.817. The van der Waals surface area contributed by atoms with Crippen LogP contribution in [0.4, 0.5) is 0 Å². The van der Waals surface area contributed by atoms with Gasteiger partial charge in [0.25, 0.3) is 0 Å². The van der Waals surface area contributed by atoms with Crippen LogP contribution in [0.2, 0.25) is 0 Å². The highest BCUT2D eigenvalue weighted by Crippen LogP contribution is 2.33. The maximum atomic E-state index is 12.9. The summed E-state index contributed by atoms with van der Waals surface area (Å²) in [5.74, 6) is 0.658. The van der Waals surface area contributed by atoms with Crippen molar-refractivity contribution >= 4 is 11.8 Å². The Balaban J connectivity index is 1.67. The molecule has 1 spiro atoms. The molecule has 0 aliphatic carbocycles.